The molecule has 0 saturated heterocycles. The Hall–Kier alpha value is -4.24. The molecule has 63 heavy (non-hydrogen) atoms. The maximum absolute atomic E-state index is 13.4. The first-order valence-electron chi connectivity index (χ1n) is 22.6. The number of nitrogens with zero attached hydrogens (tertiary/aromatic N) is 4. The minimum atomic E-state index is -1.92. The summed E-state index contributed by atoms with van der Waals surface area (Å²) in [6, 6.07) is 13.0. The van der Waals surface area contributed by atoms with E-state index in [9.17, 15) is 13.6 Å². The van der Waals surface area contributed by atoms with Crippen LogP contribution >= 0.6 is 0 Å². The molecule has 2 aromatic carbocycles. The summed E-state index contributed by atoms with van der Waals surface area (Å²) >= 11 is 0. The second-order valence-electron chi connectivity index (χ2n) is 21.6. The number of carbonyl (C=O) groups is 1. The van der Waals surface area contributed by atoms with E-state index in [2.05, 4.69) is 90.1 Å². The van der Waals surface area contributed by atoms with Crippen LogP contribution in [0.1, 0.15) is 103 Å². The Morgan fingerprint density at radius 3 is 1.62 bits per heavy atom. The summed E-state index contributed by atoms with van der Waals surface area (Å²) in [7, 11) is -2.08. The minimum Gasteiger partial charge on any atom is -0.504 e. The summed E-state index contributed by atoms with van der Waals surface area (Å²) in [5, 5.41) is 9.60. The number of carbonyl (C=O) groups excluding carboxylic acids is 1. The van der Waals surface area contributed by atoms with E-state index in [1.54, 1.807) is 31.4 Å². The van der Waals surface area contributed by atoms with Crippen LogP contribution in [0.25, 0.3) is 23.5 Å². The van der Waals surface area contributed by atoms with Crippen molar-refractivity contribution in [3.05, 3.63) is 118 Å². The fourth-order valence-electron chi connectivity index (χ4n) is 9.20. The number of halogens is 2. The van der Waals surface area contributed by atoms with Crippen LogP contribution in [-0.4, -0.2) is 62.8 Å². The highest BCUT2D eigenvalue weighted by Gasteiger charge is 2.48. The van der Waals surface area contributed by atoms with Crippen molar-refractivity contribution in [1.29, 1.82) is 0 Å². The van der Waals surface area contributed by atoms with Crippen molar-refractivity contribution in [2.75, 3.05) is 20.3 Å². The van der Waals surface area contributed by atoms with E-state index >= 15 is 0 Å². The molecule has 4 aliphatic rings. The number of benzene rings is 2. The van der Waals surface area contributed by atoms with Crippen molar-refractivity contribution in [3.8, 4) is 11.4 Å². The second kappa shape index (κ2) is 17.6. The lowest BCUT2D eigenvalue weighted by Gasteiger charge is -2.47. The zero-order valence-corrected chi connectivity index (χ0v) is 41.4. The van der Waals surface area contributed by atoms with Gasteiger partial charge in [-0.15, -0.1) is 0 Å². The first-order chi connectivity index (χ1) is 29.6. The van der Waals surface area contributed by atoms with E-state index in [-0.39, 0.29) is 38.5 Å². The van der Waals surface area contributed by atoms with Crippen molar-refractivity contribution >= 4 is 35.1 Å². The van der Waals surface area contributed by atoms with Gasteiger partial charge < -0.3 is 18.4 Å². The zero-order valence-electron chi connectivity index (χ0n) is 39.4. The monoisotopic (exact) mass is 894 g/mol. The van der Waals surface area contributed by atoms with Crippen LogP contribution in [0.4, 0.5) is 8.78 Å². The standard InChI is InChI=1S/C26H35FN2O2Si.C25H33FN2O2Si/c1-25(2,3)32(5,6)31-18-26-14-19(17-30-4)7-8-21(26)13-24-20(15-26)16-28-29(24)23-11-9-22(27)10-12-23;1-24(2,3)31(4,5)30-17-25-13-18(16-29)6-7-20(25)12-23-19(14-25)15-27-28(23)22-10-8-21(26)9-11-22/h9-13,16-17H,7-8,14-15,18H2,1-6H3;8-12,15-16,18H,6-7,13-14,17H2,1-5H3/t26-;18?,25-/m00/s1. The molecule has 338 valence electrons. The van der Waals surface area contributed by atoms with E-state index in [0.717, 1.165) is 87.0 Å². The highest BCUT2D eigenvalue weighted by Crippen LogP contribution is 2.53. The smallest absolute Gasteiger partial charge is 0.192 e. The molecule has 3 atom stereocenters. The molecule has 0 amide bonds. The number of allylic oxidation sites excluding steroid dienone is 1. The van der Waals surface area contributed by atoms with Gasteiger partial charge in [-0.3, -0.25) is 0 Å². The van der Waals surface area contributed by atoms with E-state index in [4.69, 9.17) is 13.6 Å². The van der Waals surface area contributed by atoms with Crippen molar-refractivity contribution in [2.45, 2.75) is 129 Å². The lowest BCUT2D eigenvalue weighted by molar-refractivity contribution is -0.112. The van der Waals surface area contributed by atoms with Gasteiger partial charge in [-0.2, -0.15) is 10.2 Å². The highest BCUT2D eigenvalue weighted by atomic mass is 28.4. The quantitative estimate of drug-likeness (QED) is 0.0896. The topological polar surface area (TPSA) is 80.4 Å². The molecule has 4 aliphatic carbocycles. The van der Waals surface area contributed by atoms with Gasteiger partial charge in [-0.05, 0) is 165 Å². The van der Waals surface area contributed by atoms with Crippen LogP contribution in [0.2, 0.25) is 36.3 Å². The molecule has 2 saturated carbocycles. The third-order valence-electron chi connectivity index (χ3n) is 15.2. The molecule has 0 radical (unpaired) electrons. The van der Waals surface area contributed by atoms with Gasteiger partial charge in [0.05, 0.1) is 48.5 Å². The predicted molar refractivity (Wildman–Crippen MR) is 254 cm³/mol. The lowest BCUT2D eigenvalue weighted by atomic mass is 9.62. The summed E-state index contributed by atoms with van der Waals surface area (Å²) in [5.74, 6) is -0.411. The van der Waals surface area contributed by atoms with Crippen LogP contribution in [-0.2, 0) is 31.2 Å². The van der Waals surface area contributed by atoms with Gasteiger partial charge >= 0.3 is 0 Å². The fourth-order valence-corrected chi connectivity index (χ4v) is 11.3. The lowest BCUT2D eigenvalue weighted by Crippen LogP contribution is -2.47. The third-order valence-corrected chi connectivity index (χ3v) is 24.1. The Bertz CT molecular complexity index is 2380. The average Bonchev–Trinajstić information content (AvgIpc) is 3.83. The Labute approximate surface area is 376 Å². The molecule has 2 fully saturated rings. The molecule has 1 unspecified atom stereocenters. The summed E-state index contributed by atoms with van der Waals surface area (Å²) in [4.78, 5) is 11.7. The predicted octanol–water partition coefficient (Wildman–Crippen LogP) is 12.6. The van der Waals surface area contributed by atoms with Crippen LogP contribution in [0.5, 0.6) is 0 Å². The Morgan fingerprint density at radius 2 is 1.16 bits per heavy atom. The maximum Gasteiger partial charge on any atom is 0.192 e. The van der Waals surface area contributed by atoms with Crippen molar-refractivity contribution in [2.24, 2.45) is 16.7 Å². The zero-order chi connectivity index (χ0) is 45.6. The summed E-state index contributed by atoms with van der Waals surface area (Å²) in [6.07, 6.45) is 18.8. The summed E-state index contributed by atoms with van der Waals surface area (Å²) < 4.78 is 49.6. The summed E-state index contributed by atoms with van der Waals surface area (Å²) in [6.45, 7) is 24.2. The molecule has 0 bridgehead atoms. The highest BCUT2D eigenvalue weighted by molar-refractivity contribution is 6.74. The number of hydrogen-bond donors (Lipinski definition) is 0. The van der Waals surface area contributed by atoms with Gasteiger partial charge in [0.1, 0.15) is 17.9 Å². The molecular formula is C51H68F2N4O4Si2. The minimum absolute atomic E-state index is 0.0677. The molecule has 0 aliphatic heterocycles. The van der Waals surface area contributed by atoms with Gasteiger partial charge in [0.2, 0.25) is 0 Å². The normalized spacial score (nSPS) is 23.0. The number of ether oxygens (including phenoxy) is 1. The maximum atomic E-state index is 13.4. The fraction of sp³-hybridized carbons (Fsp3) is 0.510. The van der Waals surface area contributed by atoms with Crippen LogP contribution in [0, 0.1) is 28.4 Å². The van der Waals surface area contributed by atoms with Gasteiger partial charge in [-0.1, -0.05) is 52.7 Å². The van der Waals surface area contributed by atoms with Crippen molar-refractivity contribution < 1.29 is 27.2 Å². The van der Waals surface area contributed by atoms with E-state index in [1.165, 1.54) is 52.1 Å². The second-order valence-corrected chi connectivity index (χ2v) is 31.2. The van der Waals surface area contributed by atoms with E-state index in [0.29, 0.717) is 6.61 Å². The van der Waals surface area contributed by atoms with Gasteiger partial charge in [0.15, 0.2) is 16.6 Å². The molecule has 8 nitrogen and oxygen atoms in total. The van der Waals surface area contributed by atoms with E-state index in [1.807, 2.05) is 28.0 Å². The Kier molecular flexibility index (Phi) is 13.1. The van der Waals surface area contributed by atoms with Crippen LogP contribution in [0.3, 0.4) is 0 Å². The molecule has 0 N–H and O–H groups in total. The molecule has 0 spiro atoms. The van der Waals surface area contributed by atoms with Crippen molar-refractivity contribution in [1.82, 2.24) is 19.6 Å². The summed E-state index contributed by atoms with van der Waals surface area (Å²) in [5.41, 5.74) is 10.2. The van der Waals surface area contributed by atoms with Crippen molar-refractivity contribution in [3.63, 3.8) is 0 Å². The molecule has 2 aromatic heterocycles. The first-order valence-corrected chi connectivity index (χ1v) is 28.4. The number of fused-ring (bicyclic) bond motifs is 4. The molecule has 12 heteroatoms. The van der Waals surface area contributed by atoms with Gasteiger partial charge in [0.25, 0.3) is 0 Å². The SMILES string of the molecule is CC(C)(C)[Si](C)(C)OC[C@]12Cc3cnn(-c4ccc(F)cc4)c3C=C1CCC(C=O)C2.COC=C1CCC2=Cc3c(cnn3-c3ccc(F)cc3)C[C@]2(CO[Si](C)(C)C(C)(C)C)C1. The Balaban J connectivity index is 0.000000189. The van der Waals surface area contributed by atoms with Gasteiger partial charge in [-0.25, -0.2) is 18.1 Å². The number of aromatic nitrogens is 4. The number of methoxy groups -OCH3 is 1. The first kappa shape index (κ1) is 46.7. The molecule has 2 heterocycles. The third kappa shape index (κ3) is 9.60. The average molecular weight is 895 g/mol. The van der Waals surface area contributed by atoms with Crippen LogP contribution < -0.4 is 0 Å². The van der Waals surface area contributed by atoms with Crippen LogP contribution in [0.15, 0.2) is 83.9 Å². The number of hydrogen-bond acceptors (Lipinski definition) is 6. The molecular weight excluding hydrogens is 827 g/mol. The Morgan fingerprint density at radius 1 is 0.698 bits per heavy atom. The number of aldehydes is 1. The molecule has 8 rings (SSSR count). The van der Waals surface area contributed by atoms with Gasteiger partial charge in [0, 0.05) is 30.0 Å². The molecule has 4 aromatic rings. The largest absolute Gasteiger partial charge is 0.504 e. The number of rotatable bonds is 10. The van der Waals surface area contributed by atoms with E-state index < -0.39 is 16.6 Å².